The molecule has 6 heteroatoms. The molecule has 0 bridgehead atoms. The summed E-state index contributed by atoms with van der Waals surface area (Å²) in [5.41, 5.74) is 1.39. The maximum Gasteiger partial charge on any atom is 0.251 e. The minimum Gasteiger partial charge on any atom is -0.495 e. The van der Waals surface area contributed by atoms with Crippen LogP contribution in [0.1, 0.15) is 15.9 Å². The average Bonchev–Trinajstić information content (AvgIpc) is 2.53. The van der Waals surface area contributed by atoms with Gasteiger partial charge in [-0.3, -0.25) is 4.79 Å². The third-order valence-corrected chi connectivity index (χ3v) is 4.07. The first-order chi connectivity index (χ1) is 10.5. The molecule has 0 aliphatic heterocycles. The molecule has 1 amide bonds. The van der Waals surface area contributed by atoms with Gasteiger partial charge < -0.3 is 14.8 Å². The summed E-state index contributed by atoms with van der Waals surface area (Å²) in [6, 6.07) is 10.6. The van der Waals surface area contributed by atoms with Gasteiger partial charge in [-0.15, -0.1) is 0 Å². The third-order valence-electron chi connectivity index (χ3n) is 3.05. The molecule has 116 valence electrons. The van der Waals surface area contributed by atoms with Crippen LogP contribution < -0.4 is 14.8 Å². The molecule has 0 atom stereocenters. The number of nitrogens with one attached hydrogen (secondary N) is 1. The quantitative estimate of drug-likeness (QED) is 0.846. The number of carbonyl (C=O) groups is 1. The predicted octanol–water partition coefficient (Wildman–Crippen LogP) is 4.05. The van der Waals surface area contributed by atoms with Crippen molar-refractivity contribution in [3.8, 4) is 11.5 Å². The van der Waals surface area contributed by atoms with Gasteiger partial charge in [0, 0.05) is 17.1 Å². The number of methoxy groups -OCH3 is 2. The Balaban J connectivity index is 2.15. The molecule has 22 heavy (non-hydrogen) atoms. The fourth-order valence-electron chi connectivity index (χ4n) is 1.93. The number of ether oxygens (including phenoxy) is 2. The van der Waals surface area contributed by atoms with Gasteiger partial charge in [-0.1, -0.05) is 23.7 Å². The van der Waals surface area contributed by atoms with Gasteiger partial charge in [-0.25, -0.2) is 0 Å². The molecule has 0 saturated heterocycles. The van der Waals surface area contributed by atoms with Crippen LogP contribution in [0.25, 0.3) is 0 Å². The van der Waals surface area contributed by atoms with Crippen LogP contribution in [-0.4, -0.2) is 20.1 Å². The van der Waals surface area contributed by atoms with Crippen LogP contribution in [0.5, 0.6) is 11.5 Å². The topological polar surface area (TPSA) is 47.6 Å². The van der Waals surface area contributed by atoms with Crippen LogP contribution in [-0.2, 0) is 6.54 Å². The number of carbonyl (C=O) groups excluding carboxylic acids is 1. The molecule has 0 saturated carbocycles. The second-order valence-corrected chi connectivity index (χ2v) is 5.74. The molecule has 0 aliphatic carbocycles. The number of hydrogen-bond acceptors (Lipinski definition) is 3. The molecule has 0 heterocycles. The Morgan fingerprint density at radius 1 is 1.18 bits per heavy atom. The lowest BCUT2D eigenvalue weighted by Crippen LogP contribution is -2.22. The maximum atomic E-state index is 12.3. The second-order valence-electron chi connectivity index (χ2n) is 4.51. The lowest BCUT2D eigenvalue weighted by Gasteiger charge is -2.12. The zero-order valence-electron chi connectivity index (χ0n) is 12.2. The SMILES string of the molecule is COc1cc(C(=O)NCc2cccc(Cl)c2)cc(OC)c1Br. The normalized spacial score (nSPS) is 10.2. The fraction of sp³-hybridized carbons (Fsp3) is 0.188. The summed E-state index contributed by atoms with van der Waals surface area (Å²) in [4.78, 5) is 12.3. The van der Waals surface area contributed by atoms with Crippen molar-refractivity contribution in [3.63, 3.8) is 0 Å². The minimum absolute atomic E-state index is 0.218. The number of rotatable bonds is 5. The highest BCUT2D eigenvalue weighted by atomic mass is 79.9. The van der Waals surface area contributed by atoms with Gasteiger partial charge in [0.05, 0.1) is 14.2 Å². The third kappa shape index (κ3) is 3.93. The van der Waals surface area contributed by atoms with Crippen LogP contribution in [0.3, 0.4) is 0 Å². The molecule has 0 aliphatic rings. The smallest absolute Gasteiger partial charge is 0.251 e. The van der Waals surface area contributed by atoms with Crippen molar-refractivity contribution in [2.75, 3.05) is 14.2 Å². The van der Waals surface area contributed by atoms with Crippen molar-refractivity contribution < 1.29 is 14.3 Å². The first-order valence-corrected chi connectivity index (χ1v) is 7.66. The summed E-state index contributed by atoms with van der Waals surface area (Å²) in [6.07, 6.45) is 0. The van der Waals surface area contributed by atoms with Crippen LogP contribution in [0.15, 0.2) is 40.9 Å². The summed E-state index contributed by atoms with van der Waals surface area (Å²) in [7, 11) is 3.07. The van der Waals surface area contributed by atoms with E-state index in [0.717, 1.165) is 5.56 Å². The van der Waals surface area contributed by atoms with Gasteiger partial charge >= 0.3 is 0 Å². The average molecular weight is 385 g/mol. The summed E-state index contributed by atoms with van der Waals surface area (Å²) in [5.74, 6) is 0.851. The highest BCUT2D eigenvalue weighted by molar-refractivity contribution is 9.10. The van der Waals surface area contributed by atoms with Crippen molar-refractivity contribution in [1.82, 2.24) is 5.32 Å². The molecule has 2 rings (SSSR count). The Morgan fingerprint density at radius 3 is 2.36 bits per heavy atom. The number of halogens is 2. The van der Waals surface area contributed by atoms with Crippen LogP contribution in [0.4, 0.5) is 0 Å². The summed E-state index contributed by atoms with van der Waals surface area (Å²) in [5, 5.41) is 3.48. The second kappa shape index (κ2) is 7.51. The number of amides is 1. The Labute approximate surface area is 142 Å². The van der Waals surface area contributed by atoms with Crippen molar-refractivity contribution in [2.24, 2.45) is 0 Å². The first kappa shape index (κ1) is 16.6. The highest BCUT2D eigenvalue weighted by Gasteiger charge is 2.14. The summed E-state index contributed by atoms with van der Waals surface area (Å²) >= 11 is 9.29. The summed E-state index contributed by atoms with van der Waals surface area (Å²) in [6.45, 7) is 0.389. The molecular weight excluding hydrogens is 370 g/mol. The van der Waals surface area contributed by atoms with E-state index in [1.54, 1.807) is 18.2 Å². The Hall–Kier alpha value is -1.72. The molecule has 0 aromatic heterocycles. The largest absolute Gasteiger partial charge is 0.495 e. The van der Waals surface area contributed by atoms with Gasteiger partial charge in [-0.05, 0) is 45.8 Å². The van der Waals surface area contributed by atoms with E-state index in [1.807, 2.05) is 18.2 Å². The van der Waals surface area contributed by atoms with Crippen molar-refractivity contribution in [3.05, 3.63) is 57.0 Å². The van der Waals surface area contributed by atoms with E-state index >= 15 is 0 Å². The van der Waals surface area contributed by atoms with E-state index in [9.17, 15) is 4.79 Å². The summed E-state index contributed by atoms with van der Waals surface area (Å²) < 4.78 is 11.1. The van der Waals surface area contributed by atoms with Crippen molar-refractivity contribution in [1.29, 1.82) is 0 Å². The van der Waals surface area contributed by atoms with Gasteiger partial charge in [0.15, 0.2) is 0 Å². The Kier molecular flexibility index (Phi) is 5.69. The predicted molar refractivity (Wildman–Crippen MR) is 89.9 cm³/mol. The number of benzene rings is 2. The molecular formula is C16H15BrClNO3. The molecule has 0 unspecified atom stereocenters. The molecule has 1 N–H and O–H groups in total. The number of hydrogen-bond donors (Lipinski definition) is 1. The van der Waals surface area contributed by atoms with E-state index in [-0.39, 0.29) is 5.91 Å². The fourth-order valence-corrected chi connectivity index (χ4v) is 2.70. The van der Waals surface area contributed by atoms with Crippen LogP contribution in [0.2, 0.25) is 5.02 Å². The van der Waals surface area contributed by atoms with Crippen molar-refractivity contribution >= 4 is 33.4 Å². The van der Waals surface area contributed by atoms with Crippen LogP contribution >= 0.6 is 27.5 Å². The molecule has 0 radical (unpaired) electrons. The van der Waals surface area contributed by atoms with Crippen LogP contribution in [0, 0.1) is 0 Å². The lowest BCUT2D eigenvalue weighted by molar-refractivity contribution is 0.0950. The highest BCUT2D eigenvalue weighted by Crippen LogP contribution is 2.35. The molecule has 4 nitrogen and oxygen atoms in total. The molecule has 0 spiro atoms. The minimum atomic E-state index is -0.218. The van der Waals surface area contributed by atoms with E-state index in [2.05, 4.69) is 21.2 Å². The molecule has 2 aromatic rings. The Morgan fingerprint density at radius 2 is 1.82 bits per heavy atom. The van der Waals surface area contributed by atoms with E-state index in [4.69, 9.17) is 21.1 Å². The lowest BCUT2D eigenvalue weighted by atomic mass is 10.1. The standard InChI is InChI=1S/C16H15BrClNO3/c1-21-13-7-11(8-14(22-2)15(13)17)16(20)19-9-10-4-3-5-12(18)6-10/h3-8H,9H2,1-2H3,(H,19,20). The first-order valence-electron chi connectivity index (χ1n) is 6.49. The zero-order valence-corrected chi connectivity index (χ0v) is 14.5. The molecule has 2 aromatic carbocycles. The Bertz CT molecular complexity index is 666. The maximum absolute atomic E-state index is 12.3. The van der Waals surface area contributed by atoms with E-state index < -0.39 is 0 Å². The molecule has 0 fully saturated rings. The van der Waals surface area contributed by atoms with Gasteiger partial charge in [0.25, 0.3) is 5.91 Å². The van der Waals surface area contributed by atoms with Gasteiger partial charge in [0.2, 0.25) is 0 Å². The van der Waals surface area contributed by atoms with E-state index in [0.29, 0.717) is 33.1 Å². The van der Waals surface area contributed by atoms with Gasteiger partial charge in [-0.2, -0.15) is 0 Å². The monoisotopic (exact) mass is 383 g/mol. The van der Waals surface area contributed by atoms with Gasteiger partial charge in [0.1, 0.15) is 16.0 Å². The zero-order chi connectivity index (χ0) is 16.1. The van der Waals surface area contributed by atoms with E-state index in [1.165, 1.54) is 14.2 Å². The van der Waals surface area contributed by atoms with Crippen molar-refractivity contribution in [2.45, 2.75) is 6.54 Å².